The Hall–Kier alpha value is -3.87. The number of hydrogen-bond acceptors (Lipinski definition) is 3. The van der Waals surface area contributed by atoms with Crippen molar-refractivity contribution < 1.29 is 13.9 Å². The molecule has 0 aliphatic heterocycles. The van der Waals surface area contributed by atoms with Crippen molar-refractivity contribution in [3.63, 3.8) is 0 Å². The minimum atomic E-state index is -0.322. The lowest BCUT2D eigenvalue weighted by Gasteiger charge is -2.07. The van der Waals surface area contributed by atoms with E-state index in [1.807, 2.05) is 24.3 Å². The summed E-state index contributed by atoms with van der Waals surface area (Å²) >= 11 is 0. The second kappa shape index (κ2) is 8.87. The number of ether oxygens (including phenoxy) is 1. The fourth-order valence-corrected chi connectivity index (χ4v) is 3.45. The van der Waals surface area contributed by atoms with Gasteiger partial charge in [0.1, 0.15) is 11.6 Å². The van der Waals surface area contributed by atoms with E-state index in [1.54, 1.807) is 42.0 Å². The predicted octanol–water partition coefficient (Wildman–Crippen LogP) is 3.50. The fraction of sp³-hybridized carbons (Fsp3) is 0.167. The summed E-state index contributed by atoms with van der Waals surface area (Å²) in [5, 5.41) is 2.90. The Bertz CT molecular complexity index is 1260. The summed E-state index contributed by atoms with van der Waals surface area (Å²) in [5.74, 6) is 0.265. The number of methoxy groups -OCH3 is 1. The molecule has 0 aliphatic carbocycles. The lowest BCUT2D eigenvalue weighted by molar-refractivity contribution is 0.0954. The van der Waals surface area contributed by atoms with Gasteiger partial charge in [-0.05, 0) is 60.0 Å². The van der Waals surface area contributed by atoms with Crippen LogP contribution in [0.4, 0.5) is 4.39 Å². The molecular formula is C24H22FN3O3. The number of H-pyrrole nitrogens is 1. The smallest absolute Gasteiger partial charge is 0.326 e. The van der Waals surface area contributed by atoms with Gasteiger partial charge in [0.2, 0.25) is 0 Å². The molecule has 3 aromatic carbocycles. The van der Waals surface area contributed by atoms with Crippen molar-refractivity contribution in [3.05, 3.63) is 99.7 Å². The van der Waals surface area contributed by atoms with E-state index in [4.69, 9.17) is 4.74 Å². The number of rotatable bonds is 7. The maximum atomic E-state index is 13.1. The van der Waals surface area contributed by atoms with Crippen LogP contribution in [-0.4, -0.2) is 29.1 Å². The van der Waals surface area contributed by atoms with Crippen LogP contribution >= 0.6 is 0 Å². The van der Waals surface area contributed by atoms with Crippen molar-refractivity contribution in [1.82, 2.24) is 14.9 Å². The van der Waals surface area contributed by atoms with Gasteiger partial charge < -0.3 is 15.0 Å². The maximum Gasteiger partial charge on any atom is 0.326 e. The van der Waals surface area contributed by atoms with Crippen LogP contribution in [-0.2, 0) is 13.0 Å². The Balaban J connectivity index is 1.44. The monoisotopic (exact) mass is 419 g/mol. The first-order valence-corrected chi connectivity index (χ1v) is 9.91. The van der Waals surface area contributed by atoms with E-state index >= 15 is 0 Å². The Kier molecular flexibility index (Phi) is 5.84. The summed E-state index contributed by atoms with van der Waals surface area (Å²) in [6, 6.07) is 18.8. The van der Waals surface area contributed by atoms with Crippen molar-refractivity contribution >= 4 is 16.9 Å². The van der Waals surface area contributed by atoms with Gasteiger partial charge in [0.05, 0.1) is 24.7 Å². The van der Waals surface area contributed by atoms with Gasteiger partial charge in [0.25, 0.3) is 5.91 Å². The molecule has 4 aromatic rings. The fourth-order valence-electron chi connectivity index (χ4n) is 3.45. The van der Waals surface area contributed by atoms with Crippen molar-refractivity contribution in [3.8, 4) is 5.75 Å². The Morgan fingerprint density at radius 3 is 2.45 bits per heavy atom. The lowest BCUT2D eigenvalue weighted by Crippen LogP contribution is -2.25. The molecule has 2 N–H and O–H groups in total. The van der Waals surface area contributed by atoms with Crippen molar-refractivity contribution in [2.24, 2.45) is 0 Å². The molecule has 0 atom stereocenters. The van der Waals surface area contributed by atoms with Gasteiger partial charge in [-0.15, -0.1) is 0 Å². The summed E-state index contributed by atoms with van der Waals surface area (Å²) in [4.78, 5) is 27.7. The van der Waals surface area contributed by atoms with E-state index in [0.29, 0.717) is 36.1 Å². The molecule has 0 bridgehead atoms. The Labute approximate surface area is 178 Å². The van der Waals surface area contributed by atoms with E-state index in [0.717, 1.165) is 16.9 Å². The van der Waals surface area contributed by atoms with Gasteiger partial charge in [-0.3, -0.25) is 9.36 Å². The number of aromatic amines is 1. The zero-order valence-corrected chi connectivity index (χ0v) is 17.0. The summed E-state index contributed by atoms with van der Waals surface area (Å²) in [7, 11) is 1.62. The highest BCUT2D eigenvalue weighted by molar-refractivity contribution is 5.97. The highest BCUT2D eigenvalue weighted by Gasteiger charge is 2.11. The molecule has 0 aliphatic rings. The normalized spacial score (nSPS) is 10.9. The number of imidazole rings is 1. The molecule has 0 unspecified atom stereocenters. The van der Waals surface area contributed by atoms with Gasteiger partial charge in [0.15, 0.2) is 0 Å². The van der Waals surface area contributed by atoms with Crippen LogP contribution in [0.25, 0.3) is 11.0 Å². The Morgan fingerprint density at radius 1 is 1.03 bits per heavy atom. The number of hydrogen-bond donors (Lipinski definition) is 2. The number of fused-ring (bicyclic) bond motifs is 1. The predicted molar refractivity (Wildman–Crippen MR) is 117 cm³/mol. The van der Waals surface area contributed by atoms with Gasteiger partial charge >= 0.3 is 5.69 Å². The SMILES string of the molecule is COc1ccc(CCNC(=O)c2ccc3c(c2)[nH]c(=O)n3Cc2ccc(F)cc2)cc1. The number of carbonyl (C=O) groups is 1. The standard InChI is InChI=1S/C24H22FN3O3/c1-31-20-9-4-16(5-10-20)12-13-26-23(29)18-6-11-22-21(14-18)27-24(30)28(22)15-17-2-7-19(25)8-3-17/h2-11,14H,12-13,15H2,1H3,(H,26,29)(H,27,30). The topological polar surface area (TPSA) is 76.1 Å². The maximum absolute atomic E-state index is 13.1. The lowest BCUT2D eigenvalue weighted by atomic mass is 10.1. The zero-order valence-electron chi connectivity index (χ0n) is 17.0. The number of nitrogens with one attached hydrogen (secondary N) is 2. The number of benzene rings is 3. The van der Waals surface area contributed by atoms with Crippen molar-refractivity contribution in [2.45, 2.75) is 13.0 Å². The summed E-state index contributed by atoms with van der Waals surface area (Å²) in [5.41, 5.74) is 3.36. The number of amides is 1. The molecule has 7 heteroatoms. The molecule has 0 fully saturated rings. The largest absolute Gasteiger partial charge is 0.497 e. The molecule has 4 rings (SSSR count). The third kappa shape index (κ3) is 4.66. The third-order valence-electron chi connectivity index (χ3n) is 5.15. The molecule has 1 aromatic heterocycles. The van der Waals surface area contributed by atoms with E-state index in [9.17, 15) is 14.0 Å². The first-order chi connectivity index (χ1) is 15.0. The highest BCUT2D eigenvalue weighted by Crippen LogP contribution is 2.15. The summed E-state index contributed by atoms with van der Waals surface area (Å²) in [6.07, 6.45) is 0.697. The van der Waals surface area contributed by atoms with Crippen LogP contribution < -0.4 is 15.7 Å². The molecule has 1 amide bonds. The second-order valence-electron chi connectivity index (χ2n) is 7.23. The summed E-state index contributed by atoms with van der Waals surface area (Å²) < 4.78 is 19.8. The van der Waals surface area contributed by atoms with Gasteiger partial charge in [0, 0.05) is 12.1 Å². The third-order valence-corrected chi connectivity index (χ3v) is 5.15. The molecule has 1 heterocycles. The highest BCUT2D eigenvalue weighted by atomic mass is 19.1. The molecule has 158 valence electrons. The van der Waals surface area contributed by atoms with Crippen LogP contribution in [0.5, 0.6) is 5.75 Å². The van der Waals surface area contributed by atoms with Crippen molar-refractivity contribution in [1.29, 1.82) is 0 Å². The van der Waals surface area contributed by atoms with E-state index in [2.05, 4.69) is 10.3 Å². The minimum Gasteiger partial charge on any atom is -0.497 e. The van der Waals surface area contributed by atoms with Gasteiger partial charge in [-0.1, -0.05) is 24.3 Å². The van der Waals surface area contributed by atoms with Gasteiger partial charge in [-0.2, -0.15) is 0 Å². The van der Waals surface area contributed by atoms with E-state index in [1.165, 1.54) is 12.1 Å². The minimum absolute atomic E-state index is 0.206. The van der Waals surface area contributed by atoms with E-state index < -0.39 is 0 Å². The van der Waals surface area contributed by atoms with Crippen LogP contribution in [0.15, 0.2) is 71.5 Å². The Morgan fingerprint density at radius 2 is 1.74 bits per heavy atom. The molecule has 31 heavy (non-hydrogen) atoms. The average Bonchev–Trinajstić information content (AvgIpc) is 3.10. The second-order valence-corrected chi connectivity index (χ2v) is 7.23. The van der Waals surface area contributed by atoms with Crippen LogP contribution in [0.2, 0.25) is 0 Å². The van der Waals surface area contributed by atoms with E-state index in [-0.39, 0.29) is 17.4 Å². The average molecular weight is 419 g/mol. The zero-order chi connectivity index (χ0) is 21.8. The molecular weight excluding hydrogens is 397 g/mol. The molecule has 0 saturated heterocycles. The quantitative estimate of drug-likeness (QED) is 0.481. The van der Waals surface area contributed by atoms with Crippen molar-refractivity contribution in [2.75, 3.05) is 13.7 Å². The first kappa shape index (κ1) is 20.4. The van der Waals surface area contributed by atoms with Gasteiger partial charge in [-0.25, -0.2) is 9.18 Å². The van der Waals surface area contributed by atoms with Crippen LogP contribution in [0.3, 0.4) is 0 Å². The number of nitrogens with zero attached hydrogens (tertiary/aromatic N) is 1. The number of carbonyl (C=O) groups excluding carboxylic acids is 1. The number of halogens is 1. The molecule has 6 nitrogen and oxygen atoms in total. The first-order valence-electron chi connectivity index (χ1n) is 9.91. The number of aromatic nitrogens is 2. The molecule has 0 saturated carbocycles. The molecule has 0 spiro atoms. The van der Waals surface area contributed by atoms with Crippen LogP contribution in [0.1, 0.15) is 21.5 Å². The van der Waals surface area contributed by atoms with Crippen LogP contribution in [0, 0.1) is 5.82 Å². The summed E-state index contributed by atoms with van der Waals surface area (Å²) in [6.45, 7) is 0.803. The molecule has 0 radical (unpaired) electrons.